The van der Waals surface area contributed by atoms with Crippen molar-refractivity contribution in [2.24, 2.45) is 5.92 Å². The molecule has 9 nitrogen and oxygen atoms in total. The van der Waals surface area contributed by atoms with Gasteiger partial charge in [0.05, 0.1) is 9.82 Å². The van der Waals surface area contributed by atoms with Crippen LogP contribution in [0.25, 0.3) is 0 Å². The van der Waals surface area contributed by atoms with E-state index in [0.29, 0.717) is 38.4 Å². The van der Waals surface area contributed by atoms with Gasteiger partial charge in [0.15, 0.2) is 0 Å². The lowest BCUT2D eigenvalue weighted by Gasteiger charge is -2.29. The summed E-state index contributed by atoms with van der Waals surface area (Å²) >= 11 is 0. The monoisotopic (exact) mass is 398 g/mol. The molecule has 0 aromatic heterocycles. The van der Waals surface area contributed by atoms with Crippen LogP contribution in [0.2, 0.25) is 0 Å². The Hall–Kier alpha value is -2.20. The standard InChI is InChI=1S/C17H26N4O5S/c1-13-7-10-20(11-8-13)27(25,26)14-5-6-15(16(12-14)21(23)24)19-9-3-4-17(22)18-2/h5-6,12-13,19H,3-4,7-11H2,1-2H3,(H,18,22). The molecule has 1 amide bonds. The number of piperidine rings is 1. The molecule has 0 bridgehead atoms. The first-order valence-corrected chi connectivity index (χ1v) is 10.4. The maximum Gasteiger partial charge on any atom is 0.293 e. The minimum atomic E-state index is -3.75. The number of hydrogen-bond acceptors (Lipinski definition) is 6. The third kappa shape index (κ3) is 5.39. The second-order valence-electron chi connectivity index (χ2n) is 6.73. The van der Waals surface area contributed by atoms with Gasteiger partial charge >= 0.3 is 0 Å². The number of sulfonamides is 1. The number of carbonyl (C=O) groups is 1. The Labute approximate surface area is 159 Å². The summed E-state index contributed by atoms with van der Waals surface area (Å²) in [6, 6.07) is 3.91. The molecule has 0 saturated carbocycles. The molecule has 1 fully saturated rings. The summed E-state index contributed by atoms with van der Waals surface area (Å²) in [5, 5.41) is 16.8. The van der Waals surface area contributed by atoms with Crippen LogP contribution in [-0.2, 0) is 14.8 Å². The Morgan fingerprint density at radius 1 is 1.33 bits per heavy atom. The lowest BCUT2D eigenvalue weighted by molar-refractivity contribution is -0.384. The molecule has 1 aromatic carbocycles. The Morgan fingerprint density at radius 3 is 2.59 bits per heavy atom. The number of benzene rings is 1. The van der Waals surface area contributed by atoms with Crippen molar-refractivity contribution in [1.29, 1.82) is 0 Å². The van der Waals surface area contributed by atoms with Crippen LogP contribution < -0.4 is 10.6 Å². The highest BCUT2D eigenvalue weighted by Crippen LogP contribution is 2.30. The molecule has 0 radical (unpaired) electrons. The van der Waals surface area contributed by atoms with Crippen molar-refractivity contribution in [2.45, 2.75) is 37.5 Å². The number of amides is 1. The average Bonchev–Trinajstić information content (AvgIpc) is 2.65. The zero-order valence-electron chi connectivity index (χ0n) is 15.6. The number of rotatable bonds is 8. The fourth-order valence-corrected chi connectivity index (χ4v) is 4.43. The molecule has 10 heteroatoms. The Balaban J connectivity index is 2.14. The van der Waals surface area contributed by atoms with Gasteiger partial charge in [0.1, 0.15) is 5.69 Å². The van der Waals surface area contributed by atoms with Gasteiger partial charge in [0.2, 0.25) is 15.9 Å². The van der Waals surface area contributed by atoms with Crippen molar-refractivity contribution >= 4 is 27.3 Å². The van der Waals surface area contributed by atoms with Gasteiger partial charge in [0, 0.05) is 39.2 Å². The summed E-state index contributed by atoms with van der Waals surface area (Å²) in [6.07, 6.45) is 2.37. The summed E-state index contributed by atoms with van der Waals surface area (Å²) in [5.41, 5.74) is -0.0514. The third-order valence-electron chi connectivity index (χ3n) is 4.72. The van der Waals surface area contributed by atoms with Crippen LogP contribution in [0.3, 0.4) is 0 Å². The van der Waals surface area contributed by atoms with Crippen molar-refractivity contribution in [1.82, 2.24) is 9.62 Å². The highest BCUT2D eigenvalue weighted by molar-refractivity contribution is 7.89. The van der Waals surface area contributed by atoms with Gasteiger partial charge in [-0.15, -0.1) is 0 Å². The first-order chi connectivity index (χ1) is 12.8. The molecular weight excluding hydrogens is 372 g/mol. The van der Waals surface area contributed by atoms with Gasteiger partial charge in [-0.25, -0.2) is 8.42 Å². The van der Waals surface area contributed by atoms with E-state index in [9.17, 15) is 23.3 Å². The van der Waals surface area contributed by atoms with E-state index in [1.165, 1.54) is 16.4 Å². The summed E-state index contributed by atoms with van der Waals surface area (Å²) < 4.78 is 27.0. The Morgan fingerprint density at radius 2 is 2.00 bits per heavy atom. The van der Waals surface area contributed by atoms with Gasteiger partial charge in [0.25, 0.3) is 5.69 Å². The summed E-state index contributed by atoms with van der Waals surface area (Å²) in [4.78, 5) is 21.9. The van der Waals surface area contributed by atoms with E-state index in [0.717, 1.165) is 18.9 Å². The maximum atomic E-state index is 12.8. The largest absolute Gasteiger partial charge is 0.379 e. The second-order valence-corrected chi connectivity index (χ2v) is 8.66. The van der Waals surface area contributed by atoms with Crippen LogP contribution in [0.4, 0.5) is 11.4 Å². The molecule has 0 aliphatic carbocycles. The molecule has 1 aliphatic heterocycles. The molecular formula is C17H26N4O5S. The predicted molar refractivity (Wildman–Crippen MR) is 102 cm³/mol. The molecule has 0 spiro atoms. The molecule has 0 unspecified atom stereocenters. The highest BCUT2D eigenvalue weighted by Gasteiger charge is 2.30. The first kappa shape index (κ1) is 21.1. The van der Waals surface area contributed by atoms with E-state index in [1.807, 2.05) is 0 Å². The summed E-state index contributed by atoms with van der Waals surface area (Å²) in [5.74, 6) is 0.371. The number of hydrogen-bond donors (Lipinski definition) is 2. The van der Waals surface area contributed by atoms with Crippen molar-refractivity contribution in [3.63, 3.8) is 0 Å². The topological polar surface area (TPSA) is 122 Å². The molecule has 2 N–H and O–H groups in total. The van der Waals surface area contributed by atoms with Crippen molar-refractivity contribution < 1.29 is 18.1 Å². The molecule has 1 aliphatic rings. The van der Waals surface area contributed by atoms with Crippen molar-refractivity contribution in [3.8, 4) is 0 Å². The van der Waals surface area contributed by atoms with E-state index >= 15 is 0 Å². The van der Waals surface area contributed by atoms with Gasteiger partial charge in [-0.2, -0.15) is 4.31 Å². The quantitative estimate of drug-likeness (QED) is 0.392. The molecule has 2 rings (SSSR count). The molecule has 1 aromatic rings. The van der Waals surface area contributed by atoms with E-state index in [-0.39, 0.29) is 22.2 Å². The number of anilines is 1. The molecule has 0 atom stereocenters. The minimum Gasteiger partial charge on any atom is -0.379 e. The SMILES string of the molecule is CNC(=O)CCCNc1ccc(S(=O)(=O)N2CCC(C)CC2)cc1[N+](=O)[O-]. The van der Waals surface area contributed by atoms with E-state index in [4.69, 9.17) is 0 Å². The normalized spacial score (nSPS) is 16.1. The second kappa shape index (κ2) is 9.14. The van der Waals surface area contributed by atoms with Gasteiger partial charge in [-0.3, -0.25) is 14.9 Å². The van der Waals surface area contributed by atoms with Crippen LogP contribution >= 0.6 is 0 Å². The van der Waals surface area contributed by atoms with Gasteiger partial charge < -0.3 is 10.6 Å². The predicted octanol–water partition coefficient (Wildman–Crippen LogP) is 1.95. The Kier molecular flexibility index (Phi) is 7.14. The third-order valence-corrected chi connectivity index (χ3v) is 6.62. The number of nitro benzene ring substituents is 1. The Bertz CT molecular complexity index is 789. The van der Waals surface area contributed by atoms with Crippen molar-refractivity contribution in [2.75, 3.05) is 32.0 Å². The fraction of sp³-hybridized carbons (Fsp3) is 0.588. The highest BCUT2D eigenvalue weighted by atomic mass is 32.2. The number of nitro groups is 1. The van der Waals surface area contributed by atoms with Crippen LogP contribution in [0.15, 0.2) is 23.1 Å². The molecule has 1 saturated heterocycles. The van der Waals surface area contributed by atoms with E-state index in [1.54, 1.807) is 7.05 Å². The summed E-state index contributed by atoms with van der Waals surface area (Å²) in [7, 11) is -2.21. The van der Waals surface area contributed by atoms with E-state index < -0.39 is 14.9 Å². The number of carbonyl (C=O) groups excluding carboxylic acids is 1. The number of nitrogens with one attached hydrogen (secondary N) is 2. The lowest BCUT2D eigenvalue weighted by atomic mass is 10.0. The van der Waals surface area contributed by atoms with Crippen molar-refractivity contribution in [3.05, 3.63) is 28.3 Å². The zero-order valence-corrected chi connectivity index (χ0v) is 16.4. The lowest BCUT2D eigenvalue weighted by Crippen LogP contribution is -2.37. The number of nitrogens with zero attached hydrogens (tertiary/aromatic N) is 2. The van der Waals surface area contributed by atoms with Crippen LogP contribution in [0.1, 0.15) is 32.6 Å². The maximum absolute atomic E-state index is 12.8. The minimum absolute atomic E-state index is 0.0698. The van der Waals surface area contributed by atoms with Gasteiger partial charge in [-0.1, -0.05) is 6.92 Å². The smallest absolute Gasteiger partial charge is 0.293 e. The first-order valence-electron chi connectivity index (χ1n) is 8.98. The summed E-state index contributed by atoms with van der Waals surface area (Å²) in [6.45, 7) is 3.30. The van der Waals surface area contributed by atoms with E-state index in [2.05, 4.69) is 17.6 Å². The van der Waals surface area contributed by atoms with Crippen LogP contribution in [-0.4, -0.2) is 50.2 Å². The molecule has 27 heavy (non-hydrogen) atoms. The fourth-order valence-electron chi connectivity index (χ4n) is 2.94. The zero-order chi connectivity index (χ0) is 20.0. The van der Waals surface area contributed by atoms with Gasteiger partial charge in [-0.05, 0) is 37.3 Å². The molecule has 150 valence electrons. The van der Waals surface area contributed by atoms with Crippen LogP contribution in [0.5, 0.6) is 0 Å². The van der Waals surface area contributed by atoms with Crippen LogP contribution in [0, 0.1) is 16.0 Å². The molecule has 1 heterocycles. The average molecular weight is 398 g/mol.